The Morgan fingerprint density at radius 2 is 1.53 bits per heavy atom. The van der Waals surface area contributed by atoms with Gasteiger partial charge in [0.1, 0.15) is 18.0 Å². The summed E-state index contributed by atoms with van der Waals surface area (Å²) in [5.41, 5.74) is 4.62. The van der Waals surface area contributed by atoms with E-state index in [0.717, 1.165) is 22.3 Å². The zero-order valence-electron chi connectivity index (χ0n) is 24.2. The zero-order chi connectivity index (χ0) is 30.8. The maximum absolute atomic E-state index is 13.3. The van der Waals surface area contributed by atoms with Crippen LogP contribution in [0.1, 0.15) is 43.4 Å². The summed E-state index contributed by atoms with van der Waals surface area (Å²) in [7, 11) is -5.28. The van der Waals surface area contributed by atoms with Gasteiger partial charge in [-0.2, -0.15) is 8.42 Å². The summed E-state index contributed by atoms with van der Waals surface area (Å²) in [5, 5.41) is 2.53. The number of nitrogens with zero attached hydrogens (tertiary/aromatic N) is 2. The molecule has 1 N–H and O–H groups in total. The second-order valence-electron chi connectivity index (χ2n) is 11.5. The Kier molecular flexibility index (Phi) is 8.61. The molecule has 0 unspecified atom stereocenters. The van der Waals surface area contributed by atoms with Crippen LogP contribution in [-0.4, -0.2) is 68.8 Å². The average Bonchev–Trinajstić information content (AvgIpc) is 3.23. The molecule has 2 amide bonds. The topological polar surface area (TPSA) is 114 Å². The van der Waals surface area contributed by atoms with E-state index in [1.54, 1.807) is 31.7 Å². The van der Waals surface area contributed by atoms with Crippen LogP contribution in [0, 0.1) is 0 Å². The number of amides is 2. The van der Waals surface area contributed by atoms with E-state index in [1.165, 1.54) is 12.1 Å². The predicted molar refractivity (Wildman–Crippen MR) is 159 cm³/mol. The summed E-state index contributed by atoms with van der Waals surface area (Å²) in [4.78, 5) is 29.0. The molecule has 0 spiro atoms. The van der Waals surface area contributed by atoms with Crippen LogP contribution >= 0.6 is 0 Å². The van der Waals surface area contributed by atoms with Crippen LogP contribution < -0.4 is 9.50 Å². The number of halogens is 1. The van der Waals surface area contributed by atoms with Crippen molar-refractivity contribution in [1.29, 1.82) is 0 Å². The van der Waals surface area contributed by atoms with Gasteiger partial charge < -0.3 is 18.6 Å². The second-order valence-corrected chi connectivity index (χ2v) is 12.5. The highest BCUT2D eigenvalue weighted by Crippen LogP contribution is 2.44. The van der Waals surface area contributed by atoms with Crippen molar-refractivity contribution in [2.75, 3.05) is 38.1 Å². The number of rotatable bonds is 7. The molecule has 1 fully saturated rings. The number of benzene rings is 3. The van der Waals surface area contributed by atoms with Gasteiger partial charge in [-0.3, -0.25) is 10.2 Å². The van der Waals surface area contributed by atoms with E-state index in [-0.39, 0.29) is 30.1 Å². The number of hydrogen-bond donors (Lipinski definition) is 1. The molecule has 0 saturated carbocycles. The quantitative estimate of drug-likeness (QED) is 0.339. The molecular weight excluding hydrogens is 577 g/mol. The van der Waals surface area contributed by atoms with Crippen LogP contribution in [0.2, 0.25) is 0 Å². The molecule has 0 atom stereocenters. The van der Waals surface area contributed by atoms with E-state index < -0.39 is 22.2 Å². The summed E-state index contributed by atoms with van der Waals surface area (Å²) in [6.45, 7) is 7.58. The third-order valence-corrected chi connectivity index (χ3v) is 7.57. The molecule has 5 rings (SSSR count). The molecular formula is C31H34FN3O7S. The van der Waals surface area contributed by atoms with Gasteiger partial charge in [0.25, 0.3) is 0 Å². The Morgan fingerprint density at radius 3 is 2.12 bits per heavy atom. The summed E-state index contributed by atoms with van der Waals surface area (Å²) in [5.74, 6) is -0.313. The largest absolute Gasteiger partial charge is 0.488 e. The van der Waals surface area contributed by atoms with Crippen molar-refractivity contribution in [2.45, 2.75) is 38.8 Å². The van der Waals surface area contributed by atoms with E-state index in [2.05, 4.69) is 33.8 Å². The van der Waals surface area contributed by atoms with Gasteiger partial charge in [0.05, 0.1) is 0 Å². The highest BCUT2D eigenvalue weighted by Gasteiger charge is 2.30. The van der Waals surface area contributed by atoms with E-state index in [4.69, 9.17) is 9.47 Å². The summed E-state index contributed by atoms with van der Waals surface area (Å²) in [6, 6.07) is 20.5. The molecule has 3 aromatic carbocycles. The highest BCUT2D eigenvalue weighted by atomic mass is 32.3. The summed E-state index contributed by atoms with van der Waals surface area (Å²) < 4.78 is 51.0. The minimum absolute atomic E-state index is 0.0243. The zero-order valence-corrected chi connectivity index (χ0v) is 25.0. The van der Waals surface area contributed by atoms with Gasteiger partial charge in [-0.1, -0.05) is 52.4 Å². The van der Waals surface area contributed by atoms with E-state index >= 15 is 0 Å². The molecule has 228 valence electrons. The second kappa shape index (κ2) is 12.2. The van der Waals surface area contributed by atoms with Gasteiger partial charge >= 0.3 is 22.7 Å². The lowest BCUT2D eigenvalue weighted by Gasteiger charge is -2.34. The Hall–Kier alpha value is -4.16. The average molecular weight is 612 g/mol. The molecule has 2 aliphatic rings. The van der Waals surface area contributed by atoms with Gasteiger partial charge in [0.2, 0.25) is 0 Å². The molecule has 12 heteroatoms. The Bertz CT molecular complexity index is 1570. The lowest BCUT2D eigenvalue weighted by molar-refractivity contribution is 0.0635. The number of piperazine rings is 1. The Morgan fingerprint density at radius 1 is 0.930 bits per heavy atom. The van der Waals surface area contributed by atoms with Crippen LogP contribution in [0.4, 0.5) is 19.2 Å². The molecule has 1 saturated heterocycles. The lowest BCUT2D eigenvalue weighted by atomic mass is 9.98. The number of carbonyl (C=O) groups is 2. The standard InChI is InChI=1S/C31H34FN3O7S/c1-31(2,3)41-29(36)33-22-16-21(17-23(18-22)42-43(32,38)39)19-34-12-14-35(15-13-34)30(37)40-20-28-26-10-6-4-8-24(26)25-9-5-7-11-27(25)28/h4-11,16-18,28H,12-15,19-20H2,1-3H3,(H,33,36). The number of ether oxygens (including phenoxy) is 2. The van der Waals surface area contributed by atoms with Crippen LogP contribution in [0.15, 0.2) is 66.7 Å². The Labute approximate surface area is 250 Å². The summed E-state index contributed by atoms with van der Waals surface area (Å²) >= 11 is 0. The molecule has 0 bridgehead atoms. The molecule has 10 nitrogen and oxygen atoms in total. The molecule has 3 aromatic rings. The first-order chi connectivity index (χ1) is 20.3. The highest BCUT2D eigenvalue weighted by molar-refractivity contribution is 7.81. The van der Waals surface area contributed by atoms with Crippen molar-refractivity contribution in [2.24, 2.45) is 0 Å². The fourth-order valence-electron chi connectivity index (χ4n) is 5.44. The normalized spacial score (nSPS) is 15.4. The third kappa shape index (κ3) is 7.82. The fourth-order valence-corrected chi connectivity index (χ4v) is 5.77. The fraction of sp³-hybridized carbons (Fsp3) is 0.355. The Balaban J connectivity index is 1.18. The van der Waals surface area contributed by atoms with Crippen molar-refractivity contribution in [1.82, 2.24) is 9.80 Å². The molecule has 1 heterocycles. The third-order valence-electron chi connectivity index (χ3n) is 7.18. The van der Waals surface area contributed by atoms with Gasteiger partial charge in [-0.05, 0) is 60.7 Å². The smallest absolute Gasteiger partial charge is 0.448 e. The molecule has 0 radical (unpaired) electrons. The van der Waals surface area contributed by atoms with E-state index in [1.807, 2.05) is 29.2 Å². The van der Waals surface area contributed by atoms with Gasteiger partial charge in [-0.15, -0.1) is 0 Å². The predicted octanol–water partition coefficient (Wildman–Crippen LogP) is 5.69. The maximum atomic E-state index is 13.3. The minimum atomic E-state index is -5.28. The number of anilines is 1. The first-order valence-electron chi connectivity index (χ1n) is 13.9. The molecule has 0 aromatic heterocycles. The van der Waals surface area contributed by atoms with Crippen molar-refractivity contribution >= 4 is 28.4 Å². The van der Waals surface area contributed by atoms with Crippen molar-refractivity contribution in [3.63, 3.8) is 0 Å². The van der Waals surface area contributed by atoms with Gasteiger partial charge in [-0.25, -0.2) is 9.59 Å². The van der Waals surface area contributed by atoms with Crippen molar-refractivity contribution < 1.29 is 35.5 Å². The molecule has 1 aliphatic heterocycles. The van der Waals surface area contributed by atoms with Crippen LogP contribution in [0.3, 0.4) is 0 Å². The van der Waals surface area contributed by atoms with Crippen molar-refractivity contribution in [3.8, 4) is 16.9 Å². The van der Waals surface area contributed by atoms with Crippen LogP contribution in [0.25, 0.3) is 11.1 Å². The number of carbonyl (C=O) groups excluding carboxylic acids is 2. The van der Waals surface area contributed by atoms with Crippen LogP contribution in [0.5, 0.6) is 5.75 Å². The minimum Gasteiger partial charge on any atom is -0.448 e. The van der Waals surface area contributed by atoms with Crippen LogP contribution in [-0.2, 0) is 26.5 Å². The number of nitrogens with one attached hydrogen (secondary N) is 1. The SMILES string of the molecule is CC(C)(C)OC(=O)Nc1cc(CN2CCN(C(=O)OCC3c4ccccc4-c4ccccc43)CC2)cc(OS(=O)(=O)F)c1. The lowest BCUT2D eigenvalue weighted by Crippen LogP contribution is -2.48. The number of hydrogen-bond acceptors (Lipinski definition) is 8. The molecule has 43 heavy (non-hydrogen) atoms. The van der Waals surface area contributed by atoms with E-state index in [9.17, 15) is 21.9 Å². The monoisotopic (exact) mass is 611 g/mol. The summed E-state index contributed by atoms with van der Waals surface area (Å²) in [6.07, 6.45) is -1.13. The number of fused-ring (bicyclic) bond motifs is 3. The first-order valence-corrected chi connectivity index (χ1v) is 15.3. The maximum Gasteiger partial charge on any atom is 0.488 e. The van der Waals surface area contributed by atoms with Crippen molar-refractivity contribution in [3.05, 3.63) is 83.4 Å². The van der Waals surface area contributed by atoms with Gasteiger partial charge in [0, 0.05) is 50.4 Å². The van der Waals surface area contributed by atoms with E-state index in [0.29, 0.717) is 38.3 Å². The first kappa shape index (κ1) is 30.3. The molecule has 1 aliphatic carbocycles. The van der Waals surface area contributed by atoms with Gasteiger partial charge in [0.15, 0.2) is 0 Å².